The van der Waals surface area contributed by atoms with E-state index in [0.29, 0.717) is 36.8 Å². The Morgan fingerprint density at radius 1 is 1.40 bits per heavy atom. The van der Waals surface area contributed by atoms with E-state index in [2.05, 4.69) is 5.32 Å². The number of benzene rings is 1. The van der Waals surface area contributed by atoms with Crippen LogP contribution < -0.4 is 14.8 Å². The molecule has 1 aliphatic heterocycles. The lowest BCUT2D eigenvalue weighted by molar-refractivity contribution is 0.0944. The maximum atomic E-state index is 11.7. The highest BCUT2D eigenvalue weighted by atomic mass is 16.6. The van der Waals surface area contributed by atoms with E-state index in [-0.39, 0.29) is 5.91 Å². The van der Waals surface area contributed by atoms with Crippen molar-refractivity contribution in [2.24, 2.45) is 0 Å². The van der Waals surface area contributed by atoms with Crippen LogP contribution in [0.25, 0.3) is 0 Å². The fraction of sp³-hybridized carbons (Fsp3) is 0.364. The van der Waals surface area contributed by atoms with Gasteiger partial charge in [-0.3, -0.25) is 4.79 Å². The molecule has 0 unspecified atom stereocenters. The second-order valence-corrected chi connectivity index (χ2v) is 3.19. The van der Waals surface area contributed by atoms with Crippen molar-refractivity contribution in [1.82, 2.24) is 5.32 Å². The Morgan fingerprint density at radius 2 is 2.20 bits per heavy atom. The summed E-state index contributed by atoms with van der Waals surface area (Å²) in [4.78, 5) is 11.7. The molecule has 0 bridgehead atoms. The second-order valence-electron chi connectivity index (χ2n) is 3.19. The lowest BCUT2D eigenvalue weighted by Crippen LogP contribution is -2.25. The fourth-order valence-electron chi connectivity index (χ4n) is 1.51. The summed E-state index contributed by atoms with van der Waals surface area (Å²) in [6.07, 6.45) is 0. The van der Waals surface area contributed by atoms with E-state index in [1.165, 1.54) is 0 Å². The van der Waals surface area contributed by atoms with Gasteiger partial charge in [-0.1, -0.05) is 6.07 Å². The van der Waals surface area contributed by atoms with E-state index in [0.717, 1.165) is 0 Å². The molecule has 0 aromatic heterocycles. The number of nitrogens with one attached hydrogen (secondary N) is 1. The summed E-state index contributed by atoms with van der Waals surface area (Å²) in [7, 11) is 0. The maximum Gasteiger partial charge on any atom is 0.255 e. The second kappa shape index (κ2) is 4.21. The highest BCUT2D eigenvalue weighted by Gasteiger charge is 2.19. The smallest absolute Gasteiger partial charge is 0.255 e. The molecule has 0 aliphatic carbocycles. The van der Waals surface area contributed by atoms with E-state index in [4.69, 9.17) is 9.47 Å². The van der Waals surface area contributed by atoms with Crippen molar-refractivity contribution in [2.45, 2.75) is 6.92 Å². The summed E-state index contributed by atoms with van der Waals surface area (Å²) < 4.78 is 10.8. The fourth-order valence-corrected chi connectivity index (χ4v) is 1.51. The molecule has 1 heterocycles. The van der Waals surface area contributed by atoms with Crippen molar-refractivity contribution in [3.63, 3.8) is 0 Å². The minimum absolute atomic E-state index is 0.125. The predicted molar refractivity (Wildman–Crippen MR) is 55.4 cm³/mol. The summed E-state index contributed by atoms with van der Waals surface area (Å²) in [6.45, 7) is 3.50. The van der Waals surface area contributed by atoms with Crippen LogP contribution in [0.4, 0.5) is 0 Å². The maximum absolute atomic E-state index is 11.7. The molecule has 4 nitrogen and oxygen atoms in total. The van der Waals surface area contributed by atoms with Crippen molar-refractivity contribution < 1.29 is 14.3 Å². The van der Waals surface area contributed by atoms with Crippen LogP contribution in [0, 0.1) is 0 Å². The van der Waals surface area contributed by atoms with Gasteiger partial charge in [-0.15, -0.1) is 0 Å². The molecule has 15 heavy (non-hydrogen) atoms. The Bertz CT molecular complexity index is 376. The number of rotatable bonds is 2. The molecule has 1 amide bonds. The van der Waals surface area contributed by atoms with Crippen molar-refractivity contribution in [1.29, 1.82) is 0 Å². The normalized spacial score (nSPS) is 13.4. The van der Waals surface area contributed by atoms with Gasteiger partial charge in [0.15, 0.2) is 11.5 Å². The summed E-state index contributed by atoms with van der Waals surface area (Å²) in [5.74, 6) is 1.07. The van der Waals surface area contributed by atoms with Gasteiger partial charge in [0.2, 0.25) is 0 Å². The standard InChI is InChI=1S/C11H13NO3/c1-2-12-11(13)8-4-3-5-9-10(8)15-7-6-14-9/h3-5H,2,6-7H2,1H3,(H,12,13). The molecule has 4 heteroatoms. The van der Waals surface area contributed by atoms with E-state index in [1.807, 2.05) is 6.92 Å². The molecule has 0 spiro atoms. The van der Waals surface area contributed by atoms with Crippen molar-refractivity contribution in [3.8, 4) is 11.5 Å². The minimum Gasteiger partial charge on any atom is -0.486 e. The molecule has 0 radical (unpaired) electrons. The van der Waals surface area contributed by atoms with Crippen LogP contribution in [0.1, 0.15) is 17.3 Å². The number of hydrogen-bond acceptors (Lipinski definition) is 3. The molecular weight excluding hydrogens is 194 g/mol. The quantitative estimate of drug-likeness (QED) is 0.792. The number of carbonyl (C=O) groups excluding carboxylic acids is 1. The molecule has 1 N–H and O–H groups in total. The third kappa shape index (κ3) is 1.88. The minimum atomic E-state index is -0.125. The molecule has 0 saturated heterocycles. The van der Waals surface area contributed by atoms with Crippen LogP contribution in [0.5, 0.6) is 11.5 Å². The first kappa shape index (κ1) is 9.83. The average molecular weight is 207 g/mol. The third-order valence-electron chi connectivity index (χ3n) is 2.15. The lowest BCUT2D eigenvalue weighted by Gasteiger charge is -2.20. The molecular formula is C11H13NO3. The average Bonchev–Trinajstić information content (AvgIpc) is 2.28. The number of para-hydroxylation sites is 1. The van der Waals surface area contributed by atoms with Gasteiger partial charge < -0.3 is 14.8 Å². The number of carbonyl (C=O) groups is 1. The van der Waals surface area contributed by atoms with Gasteiger partial charge in [0.05, 0.1) is 5.56 Å². The van der Waals surface area contributed by atoms with E-state index < -0.39 is 0 Å². The summed E-state index contributed by atoms with van der Waals surface area (Å²) in [5.41, 5.74) is 0.536. The predicted octanol–water partition coefficient (Wildman–Crippen LogP) is 1.21. The number of hydrogen-bond donors (Lipinski definition) is 1. The highest BCUT2D eigenvalue weighted by Crippen LogP contribution is 2.33. The van der Waals surface area contributed by atoms with Gasteiger partial charge in [0.1, 0.15) is 13.2 Å². The van der Waals surface area contributed by atoms with Crippen LogP contribution in [0.15, 0.2) is 18.2 Å². The SMILES string of the molecule is CCNC(=O)c1cccc2c1OCCO2. The Balaban J connectivity index is 2.34. The Hall–Kier alpha value is -1.71. The van der Waals surface area contributed by atoms with Crippen molar-refractivity contribution >= 4 is 5.91 Å². The molecule has 1 aromatic rings. The first-order chi connectivity index (χ1) is 7.33. The zero-order valence-electron chi connectivity index (χ0n) is 8.58. The molecule has 1 aliphatic rings. The molecule has 1 aromatic carbocycles. The van der Waals surface area contributed by atoms with Crippen molar-refractivity contribution in [2.75, 3.05) is 19.8 Å². The highest BCUT2D eigenvalue weighted by molar-refractivity contribution is 5.97. The van der Waals surface area contributed by atoms with E-state index in [1.54, 1.807) is 18.2 Å². The van der Waals surface area contributed by atoms with Gasteiger partial charge in [0, 0.05) is 6.54 Å². The first-order valence-electron chi connectivity index (χ1n) is 4.99. The zero-order chi connectivity index (χ0) is 10.7. The van der Waals surface area contributed by atoms with Gasteiger partial charge in [-0.05, 0) is 19.1 Å². The molecule has 2 rings (SSSR count). The van der Waals surface area contributed by atoms with Gasteiger partial charge >= 0.3 is 0 Å². The Labute approximate surface area is 88.2 Å². The third-order valence-corrected chi connectivity index (χ3v) is 2.15. The topological polar surface area (TPSA) is 47.6 Å². The summed E-state index contributed by atoms with van der Waals surface area (Å²) in [5, 5.41) is 2.74. The summed E-state index contributed by atoms with van der Waals surface area (Å²) in [6, 6.07) is 5.33. The molecule has 0 fully saturated rings. The Morgan fingerprint density at radius 3 is 3.00 bits per heavy atom. The van der Waals surface area contributed by atoms with Crippen LogP contribution in [-0.4, -0.2) is 25.7 Å². The van der Waals surface area contributed by atoms with Gasteiger partial charge in [-0.2, -0.15) is 0 Å². The number of amides is 1. The van der Waals surface area contributed by atoms with E-state index in [9.17, 15) is 4.79 Å². The molecule has 0 atom stereocenters. The molecule has 0 saturated carbocycles. The Kier molecular flexibility index (Phi) is 2.76. The number of fused-ring (bicyclic) bond motifs is 1. The van der Waals surface area contributed by atoms with E-state index >= 15 is 0 Å². The van der Waals surface area contributed by atoms with Gasteiger partial charge in [-0.25, -0.2) is 0 Å². The largest absolute Gasteiger partial charge is 0.486 e. The number of ether oxygens (including phenoxy) is 2. The van der Waals surface area contributed by atoms with Crippen LogP contribution >= 0.6 is 0 Å². The zero-order valence-corrected chi connectivity index (χ0v) is 8.58. The summed E-state index contributed by atoms with van der Waals surface area (Å²) >= 11 is 0. The lowest BCUT2D eigenvalue weighted by atomic mass is 10.1. The van der Waals surface area contributed by atoms with Crippen molar-refractivity contribution in [3.05, 3.63) is 23.8 Å². The van der Waals surface area contributed by atoms with Crippen LogP contribution in [0.3, 0.4) is 0 Å². The van der Waals surface area contributed by atoms with Crippen LogP contribution in [-0.2, 0) is 0 Å². The van der Waals surface area contributed by atoms with Gasteiger partial charge in [0.25, 0.3) is 5.91 Å². The molecule has 80 valence electrons. The monoisotopic (exact) mass is 207 g/mol. The first-order valence-corrected chi connectivity index (χ1v) is 4.99. The van der Waals surface area contributed by atoms with Crippen LogP contribution in [0.2, 0.25) is 0 Å².